The van der Waals surface area contributed by atoms with Crippen molar-refractivity contribution >= 4 is 17.7 Å². The molecule has 0 saturated carbocycles. The molecule has 2 unspecified atom stereocenters. The topological polar surface area (TPSA) is 87.1 Å². The molecular weight excluding hydrogens is 240 g/mol. The first-order chi connectivity index (χ1) is 8.29. The van der Waals surface area contributed by atoms with E-state index in [-0.39, 0.29) is 12.0 Å². The average Bonchev–Trinajstić information content (AvgIpc) is 2.83. The lowest BCUT2D eigenvalue weighted by Gasteiger charge is -2.22. The van der Waals surface area contributed by atoms with Gasteiger partial charge in [-0.05, 0) is 36.3 Å². The molecule has 1 aliphatic rings. The molecule has 0 aliphatic carbocycles. The minimum absolute atomic E-state index is 0.194. The molecule has 0 aromatic heterocycles. The van der Waals surface area contributed by atoms with E-state index in [1.165, 1.54) is 0 Å². The van der Waals surface area contributed by atoms with E-state index in [4.69, 9.17) is 10.3 Å². The van der Waals surface area contributed by atoms with E-state index in [1.54, 1.807) is 6.92 Å². The summed E-state index contributed by atoms with van der Waals surface area (Å²) in [5, 5.41) is 6.56. The molecule has 0 aromatic carbocycles. The van der Waals surface area contributed by atoms with Gasteiger partial charge in [0.2, 0.25) is 0 Å². The standard InChI is InChI=1S/C10H18N4O2S/c1-2-16-10(15)9(8-3-6-17-7-8)12-4-5-13-14-11/h8-9,12H,2-7H2,1H3. The Morgan fingerprint density at radius 3 is 3.18 bits per heavy atom. The van der Waals surface area contributed by atoms with Gasteiger partial charge in [0.05, 0.1) is 6.61 Å². The highest BCUT2D eigenvalue weighted by molar-refractivity contribution is 7.99. The van der Waals surface area contributed by atoms with Crippen LogP contribution in [0.3, 0.4) is 0 Å². The lowest BCUT2D eigenvalue weighted by Crippen LogP contribution is -2.45. The zero-order chi connectivity index (χ0) is 12.5. The number of nitrogens with one attached hydrogen (secondary N) is 1. The van der Waals surface area contributed by atoms with Crippen molar-refractivity contribution in [3.05, 3.63) is 10.4 Å². The van der Waals surface area contributed by atoms with Gasteiger partial charge in [-0.2, -0.15) is 11.8 Å². The third kappa shape index (κ3) is 4.85. The summed E-state index contributed by atoms with van der Waals surface area (Å²) in [6.07, 6.45) is 1.03. The lowest BCUT2D eigenvalue weighted by molar-refractivity contribution is -0.146. The summed E-state index contributed by atoms with van der Waals surface area (Å²) in [5.74, 6) is 2.21. The average molecular weight is 258 g/mol. The molecule has 0 aromatic rings. The number of thioether (sulfide) groups is 1. The van der Waals surface area contributed by atoms with E-state index >= 15 is 0 Å². The van der Waals surface area contributed by atoms with Crippen LogP contribution in [0.2, 0.25) is 0 Å². The van der Waals surface area contributed by atoms with E-state index in [1.807, 2.05) is 11.8 Å². The van der Waals surface area contributed by atoms with Crippen LogP contribution in [0.25, 0.3) is 10.4 Å². The fourth-order valence-electron chi connectivity index (χ4n) is 1.80. The highest BCUT2D eigenvalue weighted by Crippen LogP contribution is 2.26. The number of carbonyl (C=O) groups is 1. The molecule has 6 nitrogen and oxygen atoms in total. The van der Waals surface area contributed by atoms with Gasteiger partial charge in [-0.1, -0.05) is 5.11 Å². The van der Waals surface area contributed by atoms with Gasteiger partial charge in [0.25, 0.3) is 0 Å². The SMILES string of the molecule is CCOC(=O)C(NCCN=[N+]=[N-])C1CCSC1. The van der Waals surface area contributed by atoms with Crippen LogP contribution < -0.4 is 5.32 Å². The molecule has 0 radical (unpaired) electrons. The third-order valence-corrected chi connectivity index (χ3v) is 3.80. The quantitative estimate of drug-likeness (QED) is 0.247. The molecule has 1 aliphatic heterocycles. The molecule has 96 valence electrons. The van der Waals surface area contributed by atoms with Gasteiger partial charge >= 0.3 is 5.97 Å². The Bertz CT molecular complexity index is 288. The van der Waals surface area contributed by atoms with Crippen LogP contribution in [0.15, 0.2) is 5.11 Å². The highest BCUT2D eigenvalue weighted by Gasteiger charge is 2.31. The monoisotopic (exact) mass is 258 g/mol. The highest BCUT2D eigenvalue weighted by atomic mass is 32.2. The van der Waals surface area contributed by atoms with E-state index in [2.05, 4.69) is 15.3 Å². The molecule has 0 spiro atoms. The van der Waals surface area contributed by atoms with Crippen molar-refractivity contribution in [1.29, 1.82) is 0 Å². The second kappa shape index (κ2) is 8.22. The molecule has 0 amide bonds. The van der Waals surface area contributed by atoms with Crippen molar-refractivity contribution in [2.75, 3.05) is 31.2 Å². The Kier molecular flexibility index (Phi) is 6.84. The maximum atomic E-state index is 11.8. The molecule has 2 atom stereocenters. The Hall–Kier alpha value is -0.910. The second-order valence-corrected chi connectivity index (χ2v) is 4.91. The van der Waals surface area contributed by atoms with Crippen LogP contribution in [-0.2, 0) is 9.53 Å². The van der Waals surface area contributed by atoms with E-state index in [0.717, 1.165) is 17.9 Å². The minimum atomic E-state index is -0.265. The van der Waals surface area contributed by atoms with E-state index in [9.17, 15) is 4.79 Å². The molecule has 1 N–H and O–H groups in total. The van der Waals surface area contributed by atoms with Gasteiger partial charge in [-0.15, -0.1) is 0 Å². The van der Waals surface area contributed by atoms with E-state index < -0.39 is 0 Å². The summed E-state index contributed by atoms with van der Waals surface area (Å²) in [6.45, 7) is 3.06. The minimum Gasteiger partial charge on any atom is -0.465 e. The van der Waals surface area contributed by atoms with Crippen molar-refractivity contribution in [2.45, 2.75) is 19.4 Å². The Balaban J connectivity index is 2.45. The lowest BCUT2D eigenvalue weighted by atomic mass is 9.99. The number of carbonyl (C=O) groups excluding carboxylic acids is 1. The molecule has 1 heterocycles. The van der Waals surface area contributed by atoms with Crippen molar-refractivity contribution < 1.29 is 9.53 Å². The van der Waals surface area contributed by atoms with Gasteiger partial charge in [0, 0.05) is 18.0 Å². The summed E-state index contributed by atoms with van der Waals surface area (Å²) in [6, 6.07) is -0.265. The largest absolute Gasteiger partial charge is 0.465 e. The predicted octanol–water partition coefficient (Wildman–Crippen LogP) is 1.57. The molecule has 7 heteroatoms. The van der Waals surface area contributed by atoms with Crippen molar-refractivity contribution in [3.8, 4) is 0 Å². The van der Waals surface area contributed by atoms with Gasteiger partial charge in [-0.3, -0.25) is 4.79 Å². The molecular formula is C10H18N4O2S. The van der Waals surface area contributed by atoms with Gasteiger partial charge < -0.3 is 10.1 Å². The third-order valence-electron chi connectivity index (χ3n) is 2.62. The number of hydrogen-bond donors (Lipinski definition) is 1. The normalized spacial score (nSPS) is 20.6. The number of hydrogen-bond acceptors (Lipinski definition) is 5. The molecule has 1 saturated heterocycles. The number of nitrogens with zero attached hydrogens (tertiary/aromatic N) is 3. The first-order valence-corrected chi connectivity index (χ1v) is 6.93. The maximum Gasteiger partial charge on any atom is 0.323 e. The van der Waals surface area contributed by atoms with Crippen LogP contribution >= 0.6 is 11.8 Å². The maximum absolute atomic E-state index is 11.8. The van der Waals surface area contributed by atoms with Crippen LogP contribution in [-0.4, -0.2) is 43.2 Å². The molecule has 1 fully saturated rings. The van der Waals surface area contributed by atoms with Crippen LogP contribution in [0.1, 0.15) is 13.3 Å². The zero-order valence-corrected chi connectivity index (χ0v) is 10.8. The fraction of sp³-hybridized carbons (Fsp3) is 0.900. The fourth-order valence-corrected chi connectivity index (χ4v) is 3.10. The summed E-state index contributed by atoms with van der Waals surface area (Å²) < 4.78 is 5.06. The van der Waals surface area contributed by atoms with Gasteiger partial charge in [-0.25, -0.2) is 0 Å². The smallest absolute Gasteiger partial charge is 0.323 e. The van der Waals surface area contributed by atoms with Gasteiger partial charge in [0.1, 0.15) is 6.04 Å². The first kappa shape index (κ1) is 14.2. The Morgan fingerprint density at radius 2 is 2.59 bits per heavy atom. The second-order valence-electron chi connectivity index (χ2n) is 3.76. The number of rotatable bonds is 7. The Morgan fingerprint density at radius 1 is 1.76 bits per heavy atom. The zero-order valence-electron chi connectivity index (χ0n) is 9.96. The van der Waals surface area contributed by atoms with Crippen molar-refractivity contribution in [2.24, 2.45) is 11.0 Å². The van der Waals surface area contributed by atoms with E-state index in [0.29, 0.717) is 25.6 Å². The van der Waals surface area contributed by atoms with Crippen molar-refractivity contribution in [1.82, 2.24) is 5.32 Å². The summed E-state index contributed by atoms with van der Waals surface area (Å²) in [5.41, 5.74) is 8.17. The predicted molar refractivity (Wildman–Crippen MR) is 67.9 cm³/mol. The van der Waals surface area contributed by atoms with Crippen LogP contribution in [0.4, 0.5) is 0 Å². The Labute approximate surface area is 105 Å². The van der Waals surface area contributed by atoms with Crippen molar-refractivity contribution in [3.63, 3.8) is 0 Å². The molecule has 1 rings (SSSR count). The first-order valence-electron chi connectivity index (χ1n) is 5.78. The molecule has 17 heavy (non-hydrogen) atoms. The molecule has 0 bridgehead atoms. The number of esters is 1. The summed E-state index contributed by atoms with van der Waals surface area (Å²) in [7, 11) is 0. The summed E-state index contributed by atoms with van der Waals surface area (Å²) >= 11 is 1.86. The van der Waals surface area contributed by atoms with Crippen LogP contribution in [0, 0.1) is 5.92 Å². The number of ether oxygens (including phenoxy) is 1. The van der Waals surface area contributed by atoms with Crippen LogP contribution in [0.5, 0.6) is 0 Å². The van der Waals surface area contributed by atoms with Gasteiger partial charge in [0.15, 0.2) is 0 Å². The summed E-state index contributed by atoms with van der Waals surface area (Å²) in [4.78, 5) is 14.5. The number of azide groups is 1.